The highest BCUT2D eigenvalue weighted by molar-refractivity contribution is 7.07. The third kappa shape index (κ3) is 3.74. The molecule has 0 unspecified atom stereocenters. The van der Waals surface area contributed by atoms with E-state index in [-0.39, 0.29) is 42.0 Å². The average Bonchev–Trinajstić information content (AvgIpc) is 3.54. The van der Waals surface area contributed by atoms with Gasteiger partial charge in [0, 0.05) is 35.8 Å². The van der Waals surface area contributed by atoms with Gasteiger partial charge in [0.1, 0.15) is 17.5 Å². The fourth-order valence-electron chi connectivity index (χ4n) is 3.63. The third-order valence-electron chi connectivity index (χ3n) is 5.23. The van der Waals surface area contributed by atoms with Gasteiger partial charge in [-0.2, -0.15) is 13.2 Å². The molecule has 0 atom stereocenters. The van der Waals surface area contributed by atoms with Crippen molar-refractivity contribution in [2.45, 2.75) is 6.18 Å². The number of anilines is 1. The van der Waals surface area contributed by atoms with E-state index >= 15 is 0 Å². The molecule has 0 aromatic carbocycles. The van der Waals surface area contributed by atoms with E-state index in [0.717, 1.165) is 10.5 Å². The number of nitrogens with zero attached hydrogens (tertiary/aromatic N) is 5. The number of imidazole rings is 1. The summed E-state index contributed by atoms with van der Waals surface area (Å²) in [6.45, 7) is 0.0728. The van der Waals surface area contributed by atoms with Crippen LogP contribution >= 0.6 is 22.9 Å². The fraction of sp³-hybridized carbons (Fsp3) is 0.200. The molecule has 13 heteroatoms. The van der Waals surface area contributed by atoms with E-state index in [9.17, 15) is 22.8 Å². The van der Waals surface area contributed by atoms with E-state index in [0.29, 0.717) is 11.4 Å². The molecular formula is C20H13ClF3N5O3S. The van der Waals surface area contributed by atoms with Gasteiger partial charge in [-0.1, -0.05) is 11.6 Å². The Morgan fingerprint density at radius 2 is 2.06 bits per heavy atom. The number of hydrogen-bond acceptors (Lipinski definition) is 6. The van der Waals surface area contributed by atoms with Gasteiger partial charge in [-0.15, -0.1) is 11.3 Å². The van der Waals surface area contributed by atoms with Crippen LogP contribution in [0.25, 0.3) is 16.8 Å². The Balaban J connectivity index is 1.52. The SMILES string of the molecule is O=C(c1nc2c(C(F)(F)F)cc(-c3ccoc3)cn2c1Cl)N1CCN(c2cscn2)C(=O)C1. The molecule has 0 bridgehead atoms. The molecular weight excluding hydrogens is 483 g/mol. The maximum absolute atomic E-state index is 13.8. The Hall–Kier alpha value is -3.38. The highest BCUT2D eigenvalue weighted by Gasteiger charge is 2.37. The van der Waals surface area contributed by atoms with Gasteiger partial charge in [-0.25, -0.2) is 9.97 Å². The van der Waals surface area contributed by atoms with E-state index in [1.165, 1.54) is 45.9 Å². The number of alkyl halides is 3. The van der Waals surface area contributed by atoms with Gasteiger partial charge >= 0.3 is 6.18 Å². The molecule has 1 saturated heterocycles. The summed E-state index contributed by atoms with van der Waals surface area (Å²) in [5.41, 5.74) is 0.272. The monoisotopic (exact) mass is 495 g/mol. The minimum atomic E-state index is -4.74. The quantitative estimate of drug-likeness (QED) is 0.425. The molecule has 5 heterocycles. The Bertz CT molecular complexity index is 1350. The molecule has 4 aromatic rings. The Kier molecular flexibility index (Phi) is 5.13. The highest BCUT2D eigenvalue weighted by Crippen LogP contribution is 2.37. The summed E-state index contributed by atoms with van der Waals surface area (Å²) in [5, 5.41) is 1.44. The number of pyridine rings is 1. The second-order valence-electron chi connectivity index (χ2n) is 7.22. The molecule has 4 aromatic heterocycles. The standard InChI is InChI=1S/C20H13ClF3N5O3S/c21-17-16(19(31)27-2-3-28(15(30)7-27)14-9-33-10-25-14)26-18-13(20(22,23)24)5-12(6-29(17)18)11-1-4-32-8-11/h1,4-6,8-10H,2-3,7H2. The first kappa shape index (κ1) is 21.5. The maximum Gasteiger partial charge on any atom is 0.420 e. The zero-order valence-corrected chi connectivity index (χ0v) is 18.1. The largest absolute Gasteiger partial charge is 0.472 e. The maximum atomic E-state index is 13.8. The van der Waals surface area contributed by atoms with Gasteiger partial charge in [0.15, 0.2) is 11.3 Å². The minimum Gasteiger partial charge on any atom is -0.472 e. The summed E-state index contributed by atoms with van der Waals surface area (Å²) >= 11 is 7.66. The second kappa shape index (κ2) is 7.89. The van der Waals surface area contributed by atoms with Crippen LogP contribution in [0.4, 0.5) is 19.0 Å². The molecule has 0 N–H and O–H groups in total. The summed E-state index contributed by atoms with van der Waals surface area (Å²) < 4.78 is 47.4. The topological polar surface area (TPSA) is 84.0 Å². The predicted molar refractivity (Wildman–Crippen MR) is 113 cm³/mol. The number of fused-ring (bicyclic) bond motifs is 1. The summed E-state index contributed by atoms with van der Waals surface area (Å²) in [6.07, 6.45) is -0.761. The van der Waals surface area contributed by atoms with Crippen LogP contribution < -0.4 is 4.90 Å². The molecule has 2 amide bonds. The number of carbonyl (C=O) groups excluding carboxylic acids is 2. The van der Waals surface area contributed by atoms with E-state index in [1.54, 1.807) is 10.9 Å². The van der Waals surface area contributed by atoms with Crippen molar-refractivity contribution in [1.82, 2.24) is 19.3 Å². The molecule has 1 fully saturated rings. The van der Waals surface area contributed by atoms with Crippen molar-refractivity contribution in [1.29, 1.82) is 0 Å². The second-order valence-corrected chi connectivity index (χ2v) is 8.29. The van der Waals surface area contributed by atoms with Crippen molar-refractivity contribution >= 4 is 46.2 Å². The predicted octanol–water partition coefficient (Wildman–Crippen LogP) is 4.21. The molecule has 0 aliphatic carbocycles. The summed E-state index contributed by atoms with van der Waals surface area (Å²) in [6, 6.07) is 2.43. The molecule has 1 aliphatic rings. The molecule has 1 aliphatic heterocycles. The third-order valence-corrected chi connectivity index (χ3v) is 6.16. The number of piperazine rings is 1. The Labute approximate surface area is 192 Å². The van der Waals surface area contributed by atoms with Crippen molar-refractivity contribution in [3.63, 3.8) is 0 Å². The number of furan rings is 1. The van der Waals surface area contributed by atoms with Crippen LogP contribution in [0.1, 0.15) is 16.1 Å². The lowest BCUT2D eigenvalue weighted by Gasteiger charge is -2.32. The van der Waals surface area contributed by atoms with Crippen LogP contribution in [0.3, 0.4) is 0 Å². The summed E-state index contributed by atoms with van der Waals surface area (Å²) in [5.74, 6) is -0.601. The Morgan fingerprint density at radius 1 is 1.24 bits per heavy atom. The number of amides is 2. The number of thiazole rings is 1. The van der Waals surface area contributed by atoms with Crippen molar-refractivity contribution in [2.24, 2.45) is 0 Å². The Morgan fingerprint density at radius 3 is 2.70 bits per heavy atom. The van der Waals surface area contributed by atoms with Gasteiger partial charge in [0.25, 0.3) is 5.91 Å². The zero-order chi connectivity index (χ0) is 23.3. The number of halogens is 4. The van der Waals surface area contributed by atoms with Crippen molar-refractivity contribution in [2.75, 3.05) is 24.5 Å². The van der Waals surface area contributed by atoms with Crippen molar-refractivity contribution in [3.05, 3.63) is 58.2 Å². The number of hydrogen-bond donors (Lipinski definition) is 0. The molecule has 0 radical (unpaired) electrons. The minimum absolute atomic E-state index is 0.151. The van der Waals surface area contributed by atoms with Gasteiger partial charge in [0.2, 0.25) is 5.91 Å². The molecule has 170 valence electrons. The molecule has 8 nitrogen and oxygen atoms in total. The summed E-state index contributed by atoms with van der Waals surface area (Å²) in [4.78, 5) is 36.3. The zero-order valence-electron chi connectivity index (χ0n) is 16.5. The smallest absolute Gasteiger partial charge is 0.420 e. The van der Waals surface area contributed by atoms with Gasteiger partial charge in [-0.05, 0) is 12.1 Å². The summed E-state index contributed by atoms with van der Waals surface area (Å²) in [7, 11) is 0. The first-order valence-electron chi connectivity index (χ1n) is 9.53. The van der Waals surface area contributed by atoms with Gasteiger partial charge in [-0.3, -0.25) is 18.9 Å². The average molecular weight is 496 g/mol. The molecule has 0 spiro atoms. The van der Waals surface area contributed by atoms with Crippen LogP contribution in [0.2, 0.25) is 5.15 Å². The lowest BCUT2D eigenvalue weighted by atomic mass is 10.1. The van der Waals surface area contributed by atoms with Gasteiger partial charge in [0.05, 0.1) is 23.6 Å². The molecule has 5 rings (SSSR count). The van der Waals surface area contributed by atoms with E-state index in [4.69, 9.17) is 16.0 Å². The lowest BCUT2D eigenvalue weighted by Crippen LogP contribution is -2.52. The van der Waals surface area contributed by atoms with Crippen LogP contribution in [0, 0.1) is 0 Å². The van der Waals surface area contributed by atoms with E-state index in [2.05, 4.69) is 9.97 Å². The van der Waals surface area contributed by atoms with Crippen LogP contribution in [0.5, 0.6) is 0 Å². The normalized spacial score (nSPS) is 15.0. The first-order chi connectivity index (χ1) is 15.7. The van der Waals surface area contributed by atoms with E-state index < -0.39 is 23.3 Å². The van der Waals surface area contributed by atoms with Crippen LogP contribution in [-0.4, -0.2) is 50.7 Å². The van der Waals surface area contributed by atoms with Crippen LogP contribution in [-0.2, 0) is 11.0 Å². The molecule has 33 heavy (non-hydrogen) atoms. The first-order valence-corrected chi connectivity index (χ1v) is 10.9. The number of rotatable bonds is 3. The van der Waals surface area contributed by atoms with Crippen molar-refractivity contribution in [3.8, 4) is 11.1 Å². The fourth-order valence-corrected chi connectivity index (χ4v) is 4.42. The number of aromatic nitrogens is 3. The molecule has 0 saturated carbocycles. The van der Waals surface area contributed by atoms with Gasteiger partial charge < -0.3 is 9.32 Å². The number of carbonyl (C=O) groups is 2. The lowest BCUT2D eigenvalue weighted by molar-refractivity contribution is -0.136. The highest BCUT2D eigenvalue weighted by atomic mass is 35.5. The van der Waals surface area contributed by atoms with Crippen LogP contribution in [0.15, 0.2) is 46.2 Å². The van der Waals surface area contributed by atoms with E-state index in [1.807, 2.05) is 0 Å². The van der Waals surface area contributed by atoms with Crippen molar-refractivity contribution < 1.29 is 27.2 Å².